The zero-order valence-electron chi connectivity index (χ0n) is 8.51. The zero-order chi connectivity index (χ0) is 11.0. The van der Waals surface area contributed by atoms with E-state index in [1.807, 2.05) is 29.9 Å². The maximum Gasteiger partial charge on any atom is 0.339 e. The molecule has 0 amide bonds. The topological polar surface area (TPSA) is 60.1 Å². The van der Waals surface area contributed by atoms with E-state index < -0.39 is 5.97 Å². The number of hydrogen-bond acceptors (Lipinski definition) is 2. The molecule has 0 aromatic carbocycles. The monoisotopic (exact) mass is 205 g/mol. The summed E-state index contributed by atoms with van der Waals surface area (Å²) >= 11 is 0. The molecule has 1 N–H and O–H groups in total. The van der Waals surface area contributed by atoms with Crippen LogP contribution in [0.15, 0.2) is 24.5 Å². The molecule has 2 heterocycles. The smallest absolute Gasteiger partial charge is 0.339 e. The second-order valence-corrected chi connectivity index (χ2v) is 3.34. The second kappa shape index (κ2) is 3.27. The zero-order valence-corrected chi connectivity index (χ0v) is 8.51. The predicted octanol–water partition coefficient (Wildman–Crippen LogP) is 1.12. The first-order valence-electron chi connectivity index (χ1n) is 4.48. The number of rotatable bonds is 2. The van der Waals surface area contributed by atoms with Crippen LogP contribution in [0.1, 0.15) is 10.4 Å². The van der Waals surface area contributed by atoms with Crippen LogP contribution < -0.4 is 0 Å². The van der Waals surface area contributed by atoms with E-state index in [9.17, 15) is 4.79 Å². The SMILES string of the molecule is Cn1cccc1-c1c(C(=O)O)cnn1C. The average Bonchev–Trinajstić information content (AvgIpc) is 2.71. The summed E-state index contributed by atoms with van der Waals surface area (Å²) in [6.07, 6.45) is 3.23. The highest BCUT2D eigenvalue weighted by atomic mass is 16.4. The highest BCUT2D eigenvalue weighted by Gasteiger charge is 2.17. The lowest BCUT2D eigenvalue weighted by molar-refractivity contribution is 0.0697. The van der Waals surface area contributed by atoms with Crippen LogP contribution in [-0.4, -0.2) is 25.4 Å². The summed E-state index contributed by atoms with van der Waals surface area (Å²) in [5.41, 5.74) is 1.68. The van der Waals surface area contributed by atoms with E-state index in [4.69, 9.17) is 5.11 Å². The van der Waals surface area contributed by atoms with E-state index in [-0.39, 0.29) is 5.56 Å². The van der Waals surface area contributed by atoms with Gasteiger partial charge in [0.25, 0.3) is 0 Å². The maximum atomic E-state index is 11.0. The molecule has 0 aliphatic rings. The number of nitrogens with zero attached hydrogens (tertiary/aromatic N) is 3. The summed E-state index contributed by atoms with van der Waals surface area (Å²) in [4.78, 5) is 11.0. The van der Waals surface area contributed by atoms with E-state index in [2.05, 4.69) is 5.10 Å². The van der Waals surface area contributed by atoms with Crippen LogP contribution in [-0.2, 0) is 14.1 Å². The molecule has 0 saturated heterocycles. The fraction of sp³-hybridized carbons (Fsp3) is 0.200. The Hall–Kier alpha value is -2.04. The number of aryl methyl sites for hydroxylation is 2. The van der Waals surface area contributed by atoms with Gasteiger partial charge in [0.05, 0.1) is 17.6 Å². The molecular weight excluding hydrogens is 194 g/mol. The highest BCUT2D eigenvalue weighted by molar-refractivity contribution is 5.94. The molecule has 15 heavy (non-hydrogen) atoms. The minimum absolute atomic E-state index is 0.222. The van der Waals surface area contributed by atoms with Crippen molar-refractivity contribution in [3.63, 3.8) is 0 Å². The van der Waals surface area contributed by atoms with Crippen molar-refractivity contribution in [3.8, 4) is 11.4 Å². The lowest BCUT2D eigenvalue weighted by atomic mass is 10.2. The van der Waals surface area contributed by atoms with Crippen LogP contribution in [0.3, 0.4) is 0 Å². The first-order valence-corrected chi connectivity index (χ1v) is 4.48. The van der Waals surface area contributed by atoms with E-state index in [0.29, 0.717) is 5.69 Å². The minimum atomic E-state index is -0.959. The van der Waals surface area contributed by atoms with Gasteiger partial charge in [0.1, 0.15) is 5.56 Å². The lowest BCUT2D eigenvalue weighted by Gasteiger charge is -2.05. The van der Waals surface area contributed by atoms with Gasteiger partial charge in [0.15, 0.2) is 0 Å². The van der Waals surface area contributed by atoms with Crippen LogP contribution in [0.4, 0.5) is 0 Å². The third kappa shape index (κ3) is 1.41. The minimum Gasteiger partial charge on any atom is -0.478 e. The Morgan fingerprint density at radius 1 is 1.47 bits per heavy atom. The summed E-state index contributed by atoms with van der Waals surface area (Å²) in [5.74, 6) is -0.959. The molecule has 0 bridgehead atoms. The Morgan fingerprint density at radius 2 is 2.20 bits per heavy atom. The summed E-state index contributed by atoms with van der Waals surface area (Å²) < 4.78 is 3.43. The number of carboxylic acids is 1. The fourth-order valence-corrected chi connectivity index (χ4v) is 1.60. The molecule has 0 aliphatic carbocycles. The molecule has 0 atom stereocenters. The first-order chi connectivity index (χ1) is 7.11. The number of aromatic carboxylic acids is 1. The molecule has 0 saturated carbocycles. The van der Waals surface area contributed by atoms with Gasteiger partial charge in [0.2, 0.25) is 0 Å². The molecule has 2 rings (SSSR count). The first kappa shape index (κ1) is 9.51. The highest BCUT2D eigenvalue weighted by Crippen LogP contribution is 2.22. The van der Waals surface area contributed by atoms with Crippen molar-refractivity contribution in [3.05, 3.63) is 30.1 Å². The summed E-state index contributed by atoms with van der Waals surface area (Å²) in [7, 11) is 3.60. The van der Waals surface area contributed by atoms with Gasteiger partial charge in [-0.15, -0.1) is 0 Å². The van der Waals surface area contributed by atoms with Crippen molar-refractivity contribution in [2.75, 3.05) is 0 Å². The van der Waals surface area contributed by atoms with Gasteiger partial charge < -0.3 is 9.67 Å². The molecule has 2 aromatic heterocycles. The Balaban J connectivity index is 2.66. The molecule has 0 fully saturated rings. The van der Waals surface area contributed by atoms with Crippen LogP contribution in [0.5, 0.6) is 0 Å². The van der Waals surface area contributed by atoms with Gasteiger partial charge in [0, 0.05) is 20.3 Å². The average molecular weight is 205 g/mol. The Labute approximate surface area is 86.6 Å². The number of hydrogen-bond donors (Lipinski definition) is 1. The fourth-order valence-electron chi connectivity index (χ4n) is 1.60. The molecule has 0 unspecified atom stereocenters. The number of carboxylic acid groups (broad SMARTS) is 1. The van der Waals surface area contributed by atoms with Crippen molar-refractivity contribution < 1.29 is 9.90 Å². The summed E-state index contributed by atoms with van der Waals surface area (Å²) in [6.45, 7) is 0. The van der Waals surface area contributed by atoms with Crippen molar-refractivity contribution in [2.45, 2.75) is 0 Å². The van der Waals surface area contributed by atoms with Crippen LogP contribution >= 0.6 is 0 Å². The van der Waals surface area contributed by atoms with Gasteiger partial charge in [-0.25, -0.2) is 4.79 Å². The van der Waals surface area contributed by atoms with Gasteiger partial charge in [-0.3, -0.25) is 4.68 Å². The van der Waals surface area contributed by atoms with E-state index in [0.717, 1.165) is 5.69 Å². The Kier molecular flexibility index (Phi) is 2.07. The van der Waals surface area contributed by atoms with Crippen molar-refractivity contribution in [2.24, 2.45) is 14.1 Å². The summed E-state index contributed by atoms with van der Waals surface area (Å²) in [5, 5.41) is 13.0. The molecule has 2 aromatic rings. The lowest BCUT2D eigenvalue weighted by Crippen LogP contribution is -2.03. The van der Waals surface area contributed by atoms with Crippen molar-refractivity contribution in [1.29, 1.82) is 0 Å². The molecular formula is C10H11N3O2. The molecule has 5 heteroatoms. The van der Waals surface area contributed by atoms with Gasteiger partial charge in [-0.1, -0.05) is 0 Å². The predicted molar refractivity (Wildman–Crippen MR) is 54.6 cm³/mol. The van der Waals surface area contributed by atoms with Gasteiger partial charge in [-0.2, -0.15) is 5.10 Å². The molecule has 0 spiro atoms. The normalized spacial score (nSPS) is 10.5. The van der Waals surface area contributed by atoms with E-state index >= 15 is 0 Å². The molecule has 5 nitrogen and oxygen atoms in total. The Bertz CT molecular complexity index is 510. The largest absolute Gasteiger partial charge is 0.478 e. The molecule has 78 valence electrons. The van der Waals surface area contributed by atoms with Crippen molar-refractivity contribution in [1.82, 2.24) is 14.3 Å². The molecule has 0 aliphatic heterocycles. The number of carbonyl (C=O) groups is 1. The number of aromatic nitrogens is 3. The third-order valence-corrected chi connectivity index (χ3v) is 2.36. The van der Waals surface area contributed by atoms with Crippen molar-refractivity contribution >= 4 is 5.97 Å². The van der Waals surface area contributed by atoms with E-state index in [1.165, 1.54) is 6.20 Å². The maximum absolute atomic E-state index is 11.0. The standard InChI is InChI=1S/C10H11N3O2/c1-12-5-3-4-8(12)9-7(10(14)15)6-11-13(9)2/h3-6H,1-2H3,(H,14,15). The quantitative estimate of drug-likeness (QED) is 0.799. The molecule has 0 radical (unpaired) electrons. The third-order valence-electron chi connectivity index (χ3n) is 2.36. The van der Waals surface area contributed by atoms with Crippen LogP contribution in [0.2, 0.25) is 0 Å². The second-order valence-electron chi connectivity index (χ2n) is 3.34. The summed E-state index contributed by atoms with van der Waals surface area (Å²) in [6, 6.07) is 3.73. The van der Waals surface area contributed by atoms with Crippen LogP contribution in [0.25, 0.3) is 11.4 Å². The van der Waals surface area contributed by atoms with E-state index in [1.54, 1.807) is 11.7 Å². The van der Waals surface area contributed by atoms with Gasteiger partial charge in [-0.05, 0) is 12.1 Å². The van der Waals surface area contributed by atoms with Gasteiger partial charge >= 0.3 is 5.97 Å². The van der Waals surface area contributed by atoms with Crippen LogP contribution in [0, 0.1) is 0 Å². The Morgan fingerprint density at radius 3 is 2.73 bits per heavy atom.